The van der Waals surface area contributed by atoms with E-state index in [0.717, 1.165) is 6.42 Å². The van der Waals surface area contributed by atoms with Crippen molar-refractivity contribution in [3.8, 4) is 11.5 Å². The Labute approximate surface area is 94.5 Å². The first-order chi connectivity index (χ1) is 7.74. The minimum Gasteiger partial charge on any atom is -0.492 e. The van der Waals surface area contributed by atoms with E-state index in [1.165, 1.54) is 7.11 Å². The molecule has 0 heterocycles. The number of methoxy groups -OCH3 is 1. The van der Waals surface area contributed by atoms with Gasteiger partial charge in [0.1, 0.15) is 0 Å². The van der Waals surface area contributed by atoms with E-state index in [1.54, 1.807) is 18.2 Å². The third-order valence-electron chi connectivity index (χ3n) is 2.03. The van der Waals surface area contributed by atoms with Crippen molar-refractivity contribution in [3.63, 3.8) is 0 Å². The van der Waals surface area contributed by atoms with Crippen molar-refractivity contribution in [2.75, 3.05) is 13.7 Å². The van der Waals surface area contributed by atoms with Gasteiger partial charge < -0.3 is 20.4 Å². The molecule has 0 saturated heterocycles. The fourth-order valence-electron chi connectivity index (χ4n) is 1.31. The normalized spacial score (nSPS) is 11.2. The fraction of sp³-hybridized carbons (Fsp3) is 0.364. The summed E-state index contributed by atoms with van der Waals surface area (Å²) in [5.41, 5.74) is 6.05. The molecule has 3 N–H and O–H groups in total. The molecule has 1 aromatic carbocycles. The second-order valence-corrected chi connectivity index (χ2v) is 3.17. The van der Waals surface area contributed by atoms with E-state index in [4.69, 9.17) is 20.4 Å². The number of ether oxygens (including phenoxy) is 2. The number of hydrogen-bond acceptors (Lipinski definition) is 4. The van der Waals surface area contributed by atoms with Gasteiger partial charge in [0.05, 0.1) is 19.3 Å². The highest BCUT2D eigenvalue weighted by Gasteiger charge is 2.13. The zero-order valence-electron chi connectivity index (χ0n) is 9.43. The summed E-state index contributed by atoms with van der Waals surface area (Å²) in [5, 5.41) is 11.6. The van der Waals surface area contributed by atoms with Gasteiger partial charge in [-0.2, -0.15) is 0 Å². The van der Waals surface area contributed by atoms with Gasteiger partial charge in [-0.05, 0) is 18.6 Å². The largest absolute Gasteiger partial charge is 0.492 e. The van der Waals surface area contributed by atoms with Gasteiger partial charge in [0.2, 0.25) is 0 Å². The maximum absolute atomic E-state index is 8.64. The molecule has 0 aliphatic carbocycles. The van der Waals surface area contributed by atoms with Crippen LogP contribution in [0, 0.1) is 0 Å². The van der Waals surface area contributed by atoms with Crippen LogP contribution in [0.3, 0.4) is 0 Å². The molecule has 0 aromatic heterocycles. The number of oxime groups is 1. The van der Waals surface area contributed by atoms with Gasteiger partial charge in [0, 0.05) is 0 Å². The summed E-state index contributed by atoms with van der Waals surface area (Å²) in [6.07, 6.45) is 0.900. The zero-order chi connectivity index (χ0) is 12.0. The number of benzene rings is 1. The Morgan fingerprint density at radius 1 is 1.50 bits per heavy atom. The van der Waals surface area contributed by atoms with Crippen LogP contribution < -0.4 is 15.2 Å². The fourth-order valence-corrected chi connectivity index (χ4v) is 1.31. The average molecular weight is 224 g/mol. The molecule has 0 aliphatic heterocycles. The predicted octanol–water partition coefficient (Wildman–Crippen LogP) is 1.58. The number of nitrogens with zero attached hydrogens (tertiary/aromatic N) is 1. The summed E-state index contributed by atoms with van der Waals surface area (Å²) < 4.78 is 10.7. The smallest absolute Gasteiger partial charge is 0.173 e. The summed E-state index contributed by atoms with van der Waals surface area (Å²) >= 11 is 0. The summed E-state index contributed by atoms with van der Waals surface area (Å²) in [5.74, 6) is 1.07. The SMILES string of the molecule is CCCOc1cccc(/C(N)=N/O)c1OC. The Balaban J connectivity index is 3.10. The molecule has 5 heteroatoms. The lowest BCUT2D eigenvalue weighted by atomic mass is 10.1. The van der Waals surface area contributed by atoms with Gasteiger partial charge in [-0.15, -0.1) is 0 Å². The first-order valence-corrected chi connectivity index (χ1v) is 5.02. The van der Waals surface area contributed by atoms with E-state index in [1.807, 2.05) is 6.92 Å². The highest BCUT2D eigenvalue weighted by atomic mass is 16.5. The summed E-state index contributed by atoms with van der Waals surface area (Å²) in [4.78, 5) is 0. The average Bonchev–Trinajstić information content (AvgIpc) is 2.34. The minimum absolute atomic E-state index is 0.00111. The second kappa shape index (κ2) is 5.85. The van der Waals surface area contributed by atoms with Crippen molar-refractivity contribution in [3.05, 3.63) is 23.8 Å². The summed E-state index contributed by atoms with van der Waals surface area (Å²) in [7, 11) is 1.52. The van der Waals surface area contributed by atoms with Crippen LogP contribution in [-0.4, -0.2) is 24.8 Å². The molecule has 88 valence electrons. The third kappa shape index (κ3) is 2.56. The molecule has 0 unspecified atom stereocenters. The Hall–Kier alpha value is -1.91. The van der Waals surface area contributed by atoms with Crippen LogP contribution in [0.15, 0.2) is 23.4 Å². The molecule has 0 bridgehead atoms. The molecule has 0 atom stereocenters. The Morgan fingerprint density at radius 3 is 2.81 bits per heavy atom. The van der Waals surface area contributed by atoms with E-state index in [9.17, 15) is 0 Å². The Morgan fingerprint density at radius 2 is 2.25 bits per heavy atom. The van der Waals surface area contributed by atoms with Crippen LogP contribution >= 0.6 is 0 Å². The predicted molar refractivity (Wildman–Crippen MR) is 61.3 cm³/mol. The van der Waals surface area contributed by atoms with Gasteiger partial charge in [0.25, 0.3) is 0 Å². The zero-order valence-corrected chi connectivity index (χ0v) is 9.43. The van der Waals surface area contributed by atoms with Crippen LogP contribution in [0.5, 0.6) is 11.5 Å². The van der Waals surface area contributed by atoms with Gasteiger partial charge in [-0.25, -0.2) is 0 Å². The van der Waals surface area contributed by atoms with Gasteiger partial charge in [0.15, 0.2) is 17.3 Å². The lowest BCUT2D eigenvalue weighted by molar-refractivity contribution is 0.293. The highest BCUT2D eigenvalue weighted by molar-refractivity contribution is 6.00. The van der Waals surface area contributed by atoms with Crippen LogP contribution in [0.4, 0.5) is 0 Å². The monoisotopic (exact) mass is 224 g/mol. The number of hydrogen-bond donors (Lipinski definition) is 2. The molecule has 0 aliphatic rings. The van der Waals surface area contributed by atoms with Crippen molar-refractivity contribution >= 4 is 5.84 Å². The third-order valence-corrected chi connectivity index (χ3v) is 2.03. The van der Waals surface area contributed by atoms with Crippen molar-refractivity contribution in [1.29, 1.82) is 0 Å². The lowest BCUT2D eigenvalue weighted by Crippen LogP contribution is -2.15. The Bertz CT molecular complexity index is 377. The van der Waals surface area contributed by atoms with Crippen LogP contribution in [0.25, 0.3) is 0 Å². The number of para-hydroxylation sites is 1. The molecule has 5 nitrogen and oxygen atoms in total. The van der Waals surface area contributed by atoms with Crippen molar-refractivity contribution in [2.24, 2.45) is 10.9 Å². The van der Waals surface area contributed by atoms with Crippen LogP contribution in [0.2, 0.25) is 0 Å². The van der Waals surface area contributed by atoms with Crippen molar-refractivity contribution in [1.82, 2.24) is 0 Å². The highest BCUT2D eigenvalue weighted by Crippen LogP contribution is 2.30. The quantitative estimate of drug-likeness (QED) is 0.344. The minimum atomic E-state index is -0.00111. The molecule has 0 spiro atoms. The van der Waals surface area contributed by atoms with Crippen LogP contribution in [-0.2, 0) is 0 Å². The number of amidine groups is 1. The molecule has 0 radical (unpaired) electrons. The lowest BCUT2D eigenvalue weighted by Gasteiger charge is -2.13. The van der Waals surface area contributed by atoms with Crippen molar-refractivity contribution < 1.29 is 14.7 Å². The first kappa shape index (κ1) is 12.2. The van der Waals surface area contributed by atoms with Crippen molar-refractivity contribution in [2.45, 2.75) is 13.3 Å². The van der Waals surface area contributed by atoms with Gasteiger partial charge in [-0.1, -0.05) is 18.1 Å². The number of nitrogens with two attached hydrogens (primary N) is 1. The molecule has 16 heavy (non-hydrogen) atoms. The molecule has 0 saturated carbocycles. The summed E-state index contributed by atoms with van der Waals surface area (Å²) in [6.45, 7) is 2.61. The molecule has 0 amide bonds. The first-order valence-electron chi connectivity index (χ1n) is 5.02. The van der Waals surface area contributed by atoms with E-state index in [-0.39, 0.29) is 5.84 Å². The van der Waals surface area contributed by atoms with E-state index in [0.29, 0.717) is 23.7 Å². The Kier molecular flexibility index (Phi) is 4.44. The number of rotatable bonds is 5. The molecule has 0 fully saturated rings. The summed E-state index contributed by atoms with van der Waals surface area (Å²) in [6, 6.07) is 5.25. The van der Waals surface area contributed by atoms with Gasteiger partial charge in [-0.3, -0.25) is 0 Å². The maximum atomic E-state index is 8.64. The maximum Gasteiger partial charge on any atom is 0.173 e. The molecule has 1 rings (SSSR count). The topological polar surface area (TPSA) is 77.1 Å². The standard InChI is InChI=1S/C11H16N2O3/c1-3-7-16-9-6-4-5-8(10(9)15-2)11(12)13-14/h4-6,14H,3,7H2,1-2H3,(H2,12,13). The van der Waals surface area contributed by atoms with Gasteiger partial charge >= 0.3 is 0 Å². The van der Waals surface area contributed by atoms with E-state index >= 15 is 0 Å². The second-order valence-electron chi connectivity index (χ2n) is 3.17. The molecule has 1 aromatic rings. The van der Waals surface area contributed by atoms with E-state index in [2.05, 4.69) is 5.16 Å². The van der Waals surface area contributed by atoms with E-state index < -0.39 is 0 Å². The molecular formula is C11H16N2O3. The molecular weight excluding hydrogens is 208 g/mol. The van der Waals surface area contributed by atoms with Crippen LogP contribution in [0.1, 0.15) is 18.9 Å².